The molecule has 0 spiro atoms. The van der Waals surface area contributed by atoms with Crippen LogP contribution in [0.3, 0.4) is 0 Å². The van der Waals surface area contributed by atoms with Crippen molar-refractivity contribution in [2.75, 3.05) is 26.8 Å². The van der Waals surface area contributed by atoms with Crippen LogP contribution in [0.5, 0.6) is 0 Å². The van der Waals surface area contributed by atoms with Crippen molar-refractivity contribution in [2.24, 2.45) is 11.7 Å². The van der Waals surface area contributed by atoms with E-state index >= 15 is 0 Å². The second-order valence-electron chi connectivity index (χ2n) is 5.09. The lowest BCUT2D eigenvalue weighted by atomic mass is 9.75. The summed E-state index contributed by atoms with van der Waals surface area (Å²) in [6.07, 6.45) is 5.56. The Bertz CT molecular complexity index is 186. The molecule has 2 nitrogen and oxygen atoms in total. The molecule has 1 rings (SSSR count). The highest BCUT2D eigenvalue weighted by Gasteiger charge is 2.36. The maximum Gasteiger partial charge on any atom is 0.0906 e. The molecule has 90 valence electrons. The van der Waals surface area contributed by atoms with Gasteiger partial charge in [0.15, 0.2) is 0 Å². The van der Waals surface area contributed by atoms with Crippen LogP contribution in [0.1, 0.15) is 39.0 Å². The van der Waals surface area contributed by atoms with Crippen molar-refractivity contribution >= 4 is 0 Å². The van der Waals surface area contributed by atoms with Crippen molar-refractivity contribution < 1.29 is 4.39 Å². The SMILES string of the molecule is CC1CCCC(CN)(N(C)CCCF)C1. The van der Waals surface area contributed by atoms with Crippen LogP contribution in [0, 0.1) is 5.92 Å². The molecule has 1 saturated carbocycles. The number of nitrogens with two attached hydrogens (primary N) is 1. The number of hydrogen-bond donors (Lipinski definition) is 1. The smallest absolute Gasteiger partial charge is 0.0906 e. The summed E-state index contributed by atoms with van der Waals surface area (Å²) in [7, 11) is 2.10. The first-order valence-electron chi connectivity index (χ1n) is 6.12. The lowest BCUT2D eigenvalue weighted by Crippen LogP contribution is -2.54. The van der Waals surface area contributed by atoms with Crippen molar-refractivity contribution in [1.82, 2.24) is 4.90 Å². The van der Waals surface area contributed by atoms with Crippen molar-refractivity contribution in [2.45, 2.75) is 44.6 Å². The lowest BCUT2D eigenvalue weighted by Gasteiger charge is -2.46. The van der Waals surface area contributed by atoms with E-state index in [1.165, 1.54) is 25.7 Å². The average molecular weight is 216 g/mol. The highest BCUT2D eigenvalue weighted by Crippen LogP contribution is 2.35. The molecule has 2 N–H and O–H groups in total. The monoisotopic (exact) mass is 216 g/mol. The summed E-state index contributed by atoms with van der Waals surface area (Å²) in [5.41, 5.74) is 6.08. The largest absolute Gasteiger partial charge is 0.329 e. The van der Waals surface area contributed by atoms with E-state index in [-0.39, 0.29) is 12.2 Å². The number of alkyl halides is 1. The fourth-order valence-electron chi connectivity index (χ4n) is 2.85. The standard InChI is InChI=1S/C12H25FN2/c1-11-5-3-6-12(9-11,10-14)15(2)8-4-7-13/h11H,3-10,14H2,1-2H3. The molecule has 0 radical (unpaired) electrons. The fraction of sp³-hybridized carbons (Fsp3) is 1.00. The van der Waals surface area contributed by atoms with E-state index in [4.69, 9.17) is 5.73 Å². The van der Waals surface area contributed by atoms with E-state index in [1.807, 2.05) is 0 Å². The van der Waals surface area contributed by atoms with E-state index in [0.717, 1.165) is 12.5 Å². The first kappa shape index (κ1) is 12.9. The van der Waals surface area contributed by atoms with Crippen LogP contribution in [0.15, 0.2) is 0 Å². The van der Waals surface area contributed by atoms with Gasteiger partial charge in [-0.05, 0) is 32.2 Å². The third kappa shape index (κ3) is 3.15. The minimum Gasteiger partial charge on any atom is -0.329 e. The van der Waals surface area contributed by atoms with Crippen LogP contribution < -0.4 is 5.73 Å². The third-order valence-electron chi connectivity index (χ3n) is 3.88. The quantitative estimate of drug-likeness (QED) is 0.763. The molecule has 3 heteroatoms. The van der Waals surface area contributed by atoms with Crippen LogP contribution in [0.25, 0.3) is 0 Å². The van der Waals surface area contributed by atoms with Gasteiger partial charge in [0.2, 0.25) is 0 Å². The Hall–Kier alpha value is -0.150. The van der Waals surface area contributed by atoms with Crippen molar-refractivity contribution in [3.63, 3.8) is 0 Å². The molecular formula is C12H25FN2. The van der Waals surface area contributed by atoms with Gasteiger partial charge < -0.3 is 5.73 Å². The van der Waals surface area contributed by atoms with Crippen LogP contribution >= 0.6 is 0 Å². The van der Waals surface area contributed by atoms with E-state index in [1.54, 1.807) is 0 Å². The molecule has 1 aliphatic carbocycles. The minimum atomic E-state index is -0.222. The van der Waals surface area contributed by atoms with Gasteiger partial charge in [-0.1, -0.05) is 19.8 Å². The highest BCUT2D eigenvalue weighted by molar-refractivity contribution is 4.94. The van der Waals surface area contributed by atoms with Gasteiger partial charge in [-0.2, -0.15) is 0 Å². The van der Waals surface area contributed by atoms with E-state index in [0.29, 0.717) is 13.0 Å². The van der Waals surface area contributed by atoms with Gasteiger partial charge in [0, 0.05) is 18.6 Å². The summed E-state index contributed by atoms with van der Waals surface area (Å²) in [6.45, 7) is 3.62. The van der Waals surface area contributed by atoms with Gasteiger partial charge in [-0.25, -0.2) is 0 Å². The van der Waals surface area contributed by atoms with Crippen molar-refractivity contribution in [3.05, 3.63) is 0 Å². The second kappa shape index (κ2) is 5.80. The summed E-state index contributed by atoms with van der Waals surface area (Å²) in [4.78, 5) is 2.29. The molecule has 1 aliphatic rings. The average Bonchev–Trinajstić information content (AvgIpc) is 2.25. The van der Waals surface area contributed by atoms with Gasteiger partial charge in [0.25, 0.3) is 0 Å². The summed E-state index contributed by atoms with van der Waals surface area (Å²) in [5.74, 6) is 0.759. The second-order valence-corrected chi connectivity index (χ2v) is 5.09. The predicted molar refractivity (Wildman–Crippen MR) is 62.6 cm³/mol. The van der Waals surface area contributed by atoms with Gasteiger partial charge in [0.05, 0.1) is 6.67 Å². The van der Waals surface area contributed by atoms with Crippen LogP contribution in [-0.2, 0) is 0 Å². The molecule has 0 aliphatic heterocycles. The Balaban J connectivity index is 2.57. The zero-order chi connectivity index (χ0) is 11.3. The Morgan fingerprint density at radius 3 is 2.80 bits per heavy atom. The zero-order valence-electron chi connectivity index (χ0n) is 10.1. The van der Waals surface area contributed by atoms with Crippen molar-refractivity contribution in [1.29, 1.82) is 0 Å². The number of halogens is 1. The summed E-state index contributed by atoms with van der Waals surface area (Å²) in [6, 6.07) is 0. The molecule has 0 amide bonds. The molecule has 0 aromatic rings. The topological polar surface area (TPSA) is 29.3 Å². The number of likely N-dealkylation sites (N-methyl/N-ethyl adjacent to an activating group) is 1. The number of hydrogen-bond acceptors (Lipinski definition) is 2. The van der Waals surface area contributed by atoms with Gasteiger partial charge >= 0.3 is 0 Å². The van der Waals surface area contributed by atoms with Gasteiger partial charge in [0.1, 0.15) is 0 Å². The normalized spacial score (nSPS) is 32.2. The Labute approximate surface area is 93.0 Å². The molecule has 2 unspecified atom stereocenters. The molecule has 0 aromatic carbocycles. The first-order chi connectivity index (χ1) is 7.14. The molecule has 0 saturated heterocycles. The maximum absolute atomic E-state index is 12.2. The Kier molecular flexibility index (Phi) is 5.00. The van der Waals surface area contributed by atoms with Crippen LogP contribution in [0.4, 0.5) is 4.39 Å². The summed E-state index contributed by atoms with van der Waals surface area (Å²) < 4.78 is 12.2. The molecular weight excluding hydrogens is 191 g/mol. The maximum atomic E-state index is 12.2. The van der Waals surface area contributed by atoms with E-state index < -0.39 is 0 Å². The Morgan fingerprint density at radius 1 is 1.53 bits per heavy atom. The molecule has 0 bridgehead atoms. The van der Waals surface area contributed by atoms with Crippen LogP contribution in [-0.4, -0.2) is 37.3 Å². The van der Waals surface area contributed by atoms with E-state index in [2.05, 4.69) is 18.9 Å². The van der Waals surface area contributed by atoms with Crippen molar-refractivity contribution in [3.8, 4) is 0 Å². The molecule has 15 heavy (non-hydrogen) atoms. The third-order valence-corrected chi connectivity index (χ3v) is 3.88. The molecule has 0 heterocycles. The lowest BCUT2D eigenvalue weighted by molar-refractivity contribution is 0.0593. The van der Waals surface area contributed by atoms with E-state index in [9.17, 15) is 4.39 Å². The summed E-state index contributed by atoms with van der Waals surface area (Å²) in [5, 5.41) is 0. The highest BCUT2D eigenvalue weighted by atomic mass is 19.1. The Morgan fingerprint density at radius 2 is 2.27 bits per heavy atom. The zero-order valence-corrected chi connectivity index (χ0v) is 10.1. The predicted octanol–water partition coefficient (Wildman–Crippen LogP) is 2.19. The fourth-order valence-corrected chi connectivity index (χ4v) is 2.85. The van der Waals surface area contributed by atoms with Gasteiger partial charge in [-0.15, -0.1) is 0 Å². The molecule has 1 fully saturated rings. The van der Waals surface area contributed by atoms with Gasteiger partial charge in [-0.3, -0.25) is 9.29 Å². The molecule has 0 aromatic heterocycles. The first-order valence-corrected chi connectivity index (χ1v) is 6.12. The minimum absolute atomic E-state index is 0.146. The number of rotatable bonds is 5. The van der Waals surface area contributed by atoms with Crippen LogP contribution in [0.2, 0.25) is 0 Å². The molecule has 2 atom stereocenters. The summed E-state index contributed by atoms with van der Waals surface area (Å²) >= 11 is 0. The number of nitrogens with zero attached hydrogens (tertiary/aromatic N) is 1.